The molecule has 4 atom stereocenters. The van der Waals surface area contributed by atoms with Gasteiger partial charge >= 0.3 is 6.18 Å². The molecular weight excluding hydrogens is 403 g/mol. The summed E-state index contributed by atoms with van der Waals surface area (Å²) in [7, 11) is 0. The smallest absolute Gasteiger partial charge is 0.382 e. The SMILES string of the molecule is CCC1CN(c2ccc(C(F)(F)F)cc2)CC(C)N1C(=O)[C@@H](CC)[C@H](O)C(=O)NO. The average molecular weight is 431 g/mol. The van der Waals surface area contributed by atoms with Crippen LogP contribution >= 0.6 is 0 Å². The predicted octanol–water partition coefficient (Wildman–Crippen LogP) is 2.41. The van der Waals surface area contributed by atoms with Gasteiger partial charge in [-0.1, -0.05) is 13.8 Å². The van der Waals surface area contributed by atoms with Gasteiger partial charge in [-0.25, -0.2) is 5.48 Å². The number of benzene rings is 1. The Morgan fingerprint density at radius 1 is 1.20 bits per heavy atom. The average Bonchev–Trinajstić information content (AvgIpc) is 2.72. The first-order chi connectivity index (χ1) is 14.0. The lowest BCUT2D eigenvalue weighted by Gasteiger charge is -2.47. The number of aliphatic hydroxyl groups excluding tert-OH is 1. The number of nitrogens with one attached hydrogen (secondary N) is 1. The van der Waals surface area contributed by atoms with Gasteiger partial charge in [-0.05, 0) is 44.0 Å². The molecular formula is C20H28F3N3O4. The van der Waals surface area contributed by atoms with Gasteiger partial charge in [-0.2, -0.15) is 13.2 Å². The summed E-state index contributed by atoms with van der Waals surface area (Å²) in [6.07, 6.45) is -5.29. The van der Waals surface area contributed by atoms with Crippen LogP contribution in [-0.2, 0) is 15.8 Å². The van der Waals surface area contributed by atoms with Crippen molar-refractivity contribution in [2.24, 2.45) is 5.92 Å². The molecule has 7 nitrogen and oxygen atoms in total. The molecule has 0 bridgehead atoms. The molecule has 0 aromatic heterocycles. The van der Waals surface area contributed by atoms with Crippen molar-refractivity contribution in [3.63, 3.8) is 0 Å². The van der Waals surface area contributed by atoms with Crippen LogP contribution in [0, 0.1) is 5.92 Å². The fraction of sp³-hybridized carbons (Fsp3) is 0.600. The number of carbonyl (C=O) groups excluding carboxylic acids is 2. The Morgan fingerprint density at radius 3 is 2.27 bits per heavy atom. The van der Waals surface area contributed by atoms with Gasteiger partial charge in [0.1, 0.15) is 6.10 Å². The molecule has 1 aliphatic heterocycles. The highest BCUT2D eigenvalue weighted by Crippen LogP contribution is 2.32. The van der Waals surface area contributed by atoms with Gasteiger partial charge in [-0.15, -0.1) is 0 Å². The molecule has 1 aromatic carbocycles. The maximum atomic E-state index is 13.1. The molecule has 2 unspecified atom stereocenters. The Hall–Kier alpha value is -2.33. The number of rotatable bonds is 6. The third-order valence-corrected chi connectivity index (χ3v) is 5.59. The van der Waals surface area contributed by atoms with Crippen molar-refractivity contribution in [3.8, 4) is 0 Å². The molecule has 3 N–H and O–H groups in total. The number of aliphatic hydroxyl groups is 1. The van der Waals surface area contributed by atoms with Crippen molar-refractivity contribution in [1.82, 2.24) is 10.4 Å². The van der Waals surface area contributed by atoms with Gasteiger partial charge in [0, 0.05) is 30.9 Å². The minimum Gasteiger partial charge on any atom is -0.382 e. The van der Waals surface area contributed by atoms with E-state index in [1.165, 1.54) is 17.6 Å². The number of alkyl halides is 3. The largest absolute Gasteiger partial charge is 0.416 e. The van der Waals surface area contributed by atoms with Crippen LogP contribution in [0.25, 0.3) is 0 Å². The highest BCUT2D eigenvalue weighted by molar-refractivity contribution is 5.89. The lowest BCUT2D eigenvalue weighted by molar-refractivity contribution is -0.153. The molecule has 0 aliphatic carbocycles. The molecule has 30 heavy (non-hydrogen) atoms. The number of hydrogen-bond donors (Lipinski definition) is 3. The molecule has 0 spiro atoms. The summed E-state index contributed by atoms with van der Waals surface area (Å²) < 4.78 is 38.4. The quantitative estimate of drug-likeness (QED) is 0.475. The van der Waals surface area contributed by atoms with Crippen molar-refractivity contribution in [2.45, 2.75) is 58.0 Å². The fourth-order valence-corrected chi connectivity index (χ4v) is 3.95. The van der Waals surface area contributed by atoms with Gasteiger partial charge in [0.15, 0.2) is 0 Å². The number of hydrogen-bond acceptors (Lipinski definition) is 5. The molecule has 1 fully saturated rings. The van der Waals surface area contributed by atoms with Crippen LogP contribution in [-0.4, -0.2) is 58.3 Å². The molecule has 1 heterocycles. The van der Waals surface area contributed by atoms with Crippen molar-refractivity contribution >= 4 is 17.5 Å². The normalized spacial score (nSPS) is 21.9. The van der Waals surface area contributed by atoms with Crippen molar-refractivity contribution in [3.05, 3.63) is 29.8 Å². The second kappa shape index (κ2) is 9.65. The van der Waals surface area contributed by atoms with Crippen LogP contribution in [0.4, 0.5) is 18.9 Å². The highest BCUT2D eigenvalue weighted by atomic mass is 19.4. The lowest BCUT2D eigenvalue weighted by atomic mass is 9.93. The Balaban J connectivity index is 2.21. The predicted molar refractivity (Wildman–Crippen MR) is 104 cm³/mol. The van der Waals surface area contributed by atoms with Crippen LogP contribution in [0.5, 0.6) is 0 Å². The zero-order chi connectivity index (χ0) is 22.6. The number of piperazine rings is 1. The van der Waals surface area contributed by atoms with Gasteiger partial charge in [0.2, 0.25) is 5.91 Å². The van der Waals surface area contributed by atoms with E-state index in [4.69, 9.17) is 5.21 Å². The summed E-state index contributed by atoms with van der Waals surface area (Å²) >= 11 is 0. The third-order valence-electron chi connectivity index (χ3n) is 5.59. The molecule has 0 saturated carbocycles. The van der Waals surface area contributed by atoms with E-state index in [9.17, 15) is 27.9 Å². The number of carbonyl (C=O) groups is 2. The monoisotopic (exact) mass is 431 g/mol. The van der Waals surface area contributed by atoms with Gasteiger partial charge in [0.05, 0.1) is 11.5 Å². The zero-order valence-electron chi connectivity index (χ0n) is 17.2. The van der Waals surface area contributed by atoms with Crippen molar-refractivity contribution < 1.29 is 33.1 Å². The number of amides is 2. The zero-order valence-corrected chi connectivity index (χ0v) is 17.2. The summed E-state index contributed by atoms with van der Waals surface area (Å²) in [5.74, 6) is -2.44. The molecule has 168 valence electrons. The fourth-order valence-electron chi connectivity index (χ4n) is 3.95. The number of hydroxylamine groups is 1. The number of anilines is 1. The Kier molecular flexibility index (Phi) is 7.70. The van der Waals surface area contributed by atoms with Crippen LogP contribution in [0.1, 0.15) is 39.2 Å². The highest BCUT2D eigenvalue weighted by Gasteiger charge is 2.41. The number of nitrogens with zero attached hydrogens (tertiary/aromatic N) is 2. The topological polar surface area (TPSA) is 93.1 Å². The van der Waals surface area contributed by atoms with E-state index in [-0.39, 0.29) is 24.4 Å². The van der Waals surface area contributed by atoms with Crippen LogP contribution in [0.3, 0.4) is 0 Å². The Morgan fingerprint density at radius 2 is 1.80 bits per heavy atom. The Labute approximate surface area is 173 Å². The van der Waals surface area contributed by atoms with Gasteiger partial charge < -0.3 is 14.9 Å². The molecule has 10 heteroatoms. The summed E-state index contributed by atoms with van der Waals surface area (Å²) in [5.41, 5.74) is 1.28. The van der Waals surface area contributed by atoms with Crippen LogP contribution in [0.2, 0.25) is 0 Å². The Bertz CT molecular complexity index is 742. The minimum atomic E-state index is -4.40. The molecule has 1 aromatic rings. The first-order valence-corrected chi connectivity index (χ1v) is 9.91. The van der Waals surface area contributed by atoms with E-state index in [1.807, 2.05) is 18.7 Å². The molecule has 1 saturated heterocycles. The molecule has 2 amide bonds. The first-order valence-electron chi connectivity index (χ1n) is 9.91. The van der Waals surface area contributed by atoms with E-state index >= 15 is 0 Å². The van der Waals surface area contributed by atoms with Crippen LogP contribution in [0.15, 0.2) is 24.3 Å². The maximum absolute atomic E-state index is 13.1. The van der Waals surface area contributed by atoms with E-state index < -0.39 is 29.7 Å². The van der Waals surface area contributed by atoms with E-state index in [0.29, 0.717) is 25.2 Å². The van der Waals surface area contributed by atoms with Crippen LogP contribution < -0.4 is 10.4 Å². The van der Waals surface area contributed by atoms with E-state index in [2.05, 4.69) is 0 Å². The summed E-state index contributed by atoms with van der Waals surface area (Å²) in [4.78, 5) is 28.3. The van der Waals surface area contributed by atoms with Crippen molar-refractivity contribution in [1.29, 1.82) is 0 Å². The molecule has 2 rings (SSSR count). The van der Waals surface area contributed by atoms with Crippen molar-refractivity contribution in [2.75, 3.05) is 18.0 Å². The minimum absolute atomic E-state index is 0.204. The van der Waals surface area contributed by atoms with E-state index in [0.717, 1.165) is 12.1 Å². The van der Waals surface area contributed by atoms with E-state index in [1.54, 1.807) is 11.8 Å². The second-order valence-corrected chi connectivity index (χ2v) is 7.54. The molecule has 0 radical (unpaired) electrons. The standard InChI is InChI=1S/C20H28F3N3O4/c1-4-14-11-25(15-8-6-13(7-9-15)20(21,22)23)10-12(3)26(14)19(29)16(5-2)17(27)18(28)24-30/h6-9,12,14,16-17,27,30H,4-5,10-11H2,1-3H3,(H,24,28)/t12?,14?,16-,17-/m0/s1. The second-order valence-electron chi connectivity index (χ2n) is 7.54. The summed E-state index contributed by atoms with van der Waals surface area (Å²) in [5, 5.41) is 18.9. The van der Waals surface area contributed by atoms with Gasteiger partial charge in [0.25, 0.3) is 5.91 Å². The summed E-state index contributed by atoms with van der Waals surface area (Å²) in [6, 6.07) is 4.37. The lowest BCUT2D eigenvalue weighted by Crippen LogP contribution is -2.62. The first kappa shape index (κ1) is 23.9. The van der Waals surface area contributed by atoms with Gasteiger partial charge in [-0.3, -0.25) is 14.8 Å². The third kappa shape index (κ3) is 5.04. The number of halogens is 3. The maximum Gasteiger partial charge on any atom is 0.416 e. The summed E-state index contributed by atoms with van der Waals surface area (Å²) in [6.45, 7) is 6.19. The molecule has 1 aliphatic rings.